The molecule has 5 nitrogen and oxygen atoms in total. The molecule has 0 saturated carbocycles. The van der Waals surface area contributed by atoms with Gasteiger partial charge in [-0.25, -0.2) is 4.79 Å². The number of methoxy groups -OCH3 is 1. The molecule has 0 fully saturated rings. The molecule has 0 heterocycles. The van der Waals surface area contributed by atoms with Gasteiger partial charge in [0.25, 0.3) is 0 Å². The van der Waals surface area contributed by atoms with Gasteiger partial charge in [-0.15, -0.1) is 0 Å². The molecule has 2 unspecified atom stereocenters. The molecule has 0 bridgehead atoms. The Morgan fingerprint density at radius 3 is 2.68 bits per heavy atom. The van der Waals surface area contributed by atoms with Crippen molar-refractivity contribution in [2.75, 3.05) is 7.11 Å². The Balaban J connectivity index is 2.98. The van der Waals surface area contributed by atoms with Gasteiger partial charge in [-0.3, -0.25) is 0 Å². The van der Waals surface area contributed by atoms with E-state index in [-0.39, 0.29) is 6.04 Å². The Morgan fingerprint density at radius 2 is 2.16 bits per heavy atom. The molecule has 1 rings (SSSR count). The molecule has 3 N–H and O–H groups in total. The van der Waals surface area contributed by atoms with Gasteiger partial charge in [0.15, 0.2) is 6.10 Å². The van der Waals surface area contributed by atoms with E-state index in [0.29, 0.717) is 17.9 Å². The zero-order valence-corrected chi connectivity index (χ0v) is 11.6. The SMILES string of the molecule is CCC(N)Cc1ccc(OC)cc1OC(C)C(=O)O. The molecule has 5 heteroatoms. The highest BCUT2D eigenvalue weighted by Gasteiger charge is 2.16. The van der Waals surface area contributed by atoms with E-state index in [9.17, 15) is 4.79 Å². The second-order valence-electron chi connectivity index (χ2n) is 4.44. The normalized spacial score (nSPS) is 13.7. The second kappa shape index (κ2) is 6.99. The number of aliphatic carboxylic acids is 1. The number of rotatable bonds is 7. The minimum atomic E-state index is -1.01. The third-order valence-corrected chi connectivity index (χ3v) is 2.93. The summed E-state index contributed by atoms with van der Waals surface area (Å²) >= 11 is 0. The molecular weight excluding hydrogens is 246 g/mol. The van der Waals surface area contributed by atoms with E-state index in [4.69, 9.17) is 20.3 Å². The lowest BCUT2D eigenvalue weighted by Gasteiger charge is -2.17. The van der Waals surface area contributed by atoms with E-state index in [1.165, 1.54) is 6.92 Å². The molecule has 0 aliphatic rings. The molecule has 0 aliphatic heterocycles. The summed E-state index contributed by atoms with van der Waals surface area (Å²) in [6, 6.07) is 5.39. The largest absolute Gasteiger partial charge is 0.497 e. The Bertz CT molecular complexity index is 433. The van der Waals surface area contributed by atoms with Crippen LogP contribution < -0.4 is 15.2 Å². The highest BCUT2D eigenvalue weighted by molar-refractivity contribution is 5.72. The van der Waals surface area contributed by atoms with Gasteiger partial charge in [0.1, 0.15) is 11.5 Å². The Morgan fingerprint density at radius 1 is 1.47 bits per heavy atom. The van der Waals surface area contributed by atoms with Gasteiger partial charge in [-0.2, -0.15) is 0 Å². The smallest absolute Gasteiger partial charge is 0.344 e. The molecule has 0 saturated heterocycles. The molecule has 0 spiro atoms. The summed E-state index contributed by atoms with van der Waals surface area (Å²) < 4.78 is 10.6. The fourth-order valence-electron chi connectivity index (χ4n) is 1.61. The third kappa shape index (κ3) is 4.44. The quantitative estimate of drug-likeness (QED) is 0.787. The number of ether oxygens (including phenoxy) is 2. The van der Waals surface area contributed by atoms with Gasteiger partial charge in [-0.1, -0.05) is 13.0 Å². The van der Waals surface area contributed by atoms with Crippen LogP contribution in [0, 0.1) is 0 Å². The van der Waals surface area contributed by atoms with Crippen LogP contribution in [-0.2, 0) is 11.2 Å². The average Bonchev–Trinajstić information content (AvgIpc) is 2.40. The molecule has 0 amide bonds. The van der Waals surface area contributed by atoms with E-state index < -0.39 is 12.1 Å². The highest BCUT2D eigenvalue weighted by atomic mass is 16.5. The van der Waals surface area contributed by atoms with Crippen molar-refractivity contribution in [3.63, 3.8) is 0 Å². The fraction of sp³-hybridized carbons (Fsp3) is 0.500. The van der Waals surface area contributed by atoms with Crippen LogP contribution in [0.1, 0.15) is 25.8 Å². The number of carboxylic acid groups (broad SMARTS) is 1. The van der Waals surface area contributed by atoms with Crippen molar-refractivity contribution in [1.82, 2.24) is 0 Å². The van der Waals surface area contributed by atoms with Gasteiger partial charge in [0, 0.05) is 12.1 Å². The zero-order chi connectivity index (χ0) is 14.4. The summed E-state index contributed by atoms with van der Waals surface area (Å²) in [7, 11) is 1.55. The summed E-state index contributed by atoms with van der Waals surface area (Å²) in [6.07, 6.45) is 0.575. The summed E-state index contributed by atoms with van der Waals surface area (Å²) in [6.45, 7) is 3.50. The predicted molar refractivity (Wildman–Crippen MR) is 72.7 cm³/mol. The van der Waals surface area contributed by atoms with Crippen LogP contribution in [0.15, 0.2) is 18.2 Å². The van der Waals surface area contributed by atoms with Crippen molar-refractivity contribution in [3.8, 4) is 11.5 Å². The van der Waals surface area contributed by atoms with Crippen LogP contribution in [0.25, 0.3) is 0 Å². The number of hydrogen-bond acceptors (Lipinski definition) is 4. The van der Waals surface area contributed by atoms with Crippen LogP contribution in [0.4, 0.5) is 0 Å². The maximum Gasteiger partial charge on any atom is 0.344 e. The topological polar surface area (TPSA) is 81.8 Å². The molecular formula is C14H21NO4. The molecule has 0 radical (unpaired) electrons. The standard InChI is InChI=1S/C14H21NO4/c1-4-11(15)7-10-5-6-12(18-3)8-13(10)19-9(2)14(16)17/h5-6,8-9,11H,4,7,15H2,1-3H3,(H,16,17). The van der Waals surface area contributed by atoms with Crippen molar-refractivity contribution >= 4 is 5.97 Å². The van der Waals surface area contributed by atoms with Gasteiger partial charge < -0.3 is 20.3 Å². The molecule has 0 aromatic heterocycles. The molecule has 1 aromatic carbocycles. The zero-order valence-electron chi connectivity index (χ0n) is 11.6. The Labute approximate surface area is 113 Å². The van der Waals surface area contributed by atoms with E-state index in [0.717, 1.165) is 12.0 Å². The van der Waals surface area contributed by atoms with Crippen molar-refractivity contribution < 1.29 is 19.4 Å². The first-order valence-corrected chi connectivity index (χ1v) is 6.29. The summed E-state index contributed by atoms with van der Waals surface area (Å²) in [5.74, 6) is 0.133. The third-order valence-electron chi connectivity index (χ3n) is 2.93. The Hall–Kier alpha value is -1.75. The van der Waals surface area contributed by atoms with Gasteiger partial charge in [0.05, 0.1) is 7.11 Å². The first-order chi connectivity index (χ1) is 8.97. The van der Waals surface area contributed by atoms with E-state index in [1.807, 2.05) is 19.1 Å². The molecule has 19 heavy (non-hydrogen) atoms. The molecule has 106 valence electrons. The molecule has 2 atom stereocenters. The van der Waals surface area contributed by atoms with Crippen LogP contribution >= 0.6 is 0 Å². The maximum absolute atomic E-state index is 10.9. The number of carbonyl (C=O) groups is 1. The van der Waals surface area contributed by atoms with Crippen molar-refractivity contribution in [2.24, 2.45) is 5.73 Å². The minimum absolute atomic E-state index is 0.0240. The Kier molecular flexibility index (Phi) is 5.63. The van der Waals surface area contributed by atoms with Gasteiger partial charge in [0.2, 0.25) is 0 Å². The van der Waals surface area contributed by atoms with Crippen LogP contribution in [-0.4, -0.2) is 30.3 Å². The monoisotopic (exact) mass is 267 g/mol. The summed E-state index contributed by atoms with van der Waals surface area (Å²) in [5.41, 5.74) is 6.82. The lowest BCUT2D eigenvalue weighted by atomic mass is 10.0. The fourth-order valence-corrected chi connectivity index (χ4v) is 1.61. The minimum Gasteiger partial charge on any atom is -0.497 e. The lowest BCUT2D eigenvalue weighted by molar-refractivity contribution is -0.144. The maximum atomic E-state index is 10.9. The van der Waals surface area contributed by atoms with E-state index >= 15 is 0 Å². The second-order valence-corrected chi connectivity index (χ2v) is 4.44. The predicted octanol–water partition coefficient (Wildman–Crippen LogP) is 1.83. The number of benzene rings is 1. The number of nitrogens with two attached hydrogens (primary N) is 1. The van der Waals surface area contributed by atoms with E-state index in [1.54, 1.807) is 13.2 Å². The molecule has 1 aromatic rings. The molecule has 0 aliphatic carbocycles. The van der Waals surface area contributed by atoms with Crippen molar-refractivity contribution in [2.45, 2.75) is 38.8 Å². The van der Waals surface area contributed by atoms with Crippen LogP contribution in [0.5, 0.6) is 11.5 Å². The van der Waals surface area contributed by atoms with Crippen LogP contribution in [0.2, 0.25) is 0 Å². The summed E-state index contributed by atoms with van der Waals surface area (Å²) in [4.78, 5) is 10.9. The van der Waals surface area contributed by atoms with Gasteiger partial charge in [-0.05, 0) is 31.4 Å². The first kappa shape index (κ1) is 15.3. The van der Waals surface area contributed by atoms with Crippen molar-refractivity contribution in [3.05, 3.63) is 23.8 Å². The van der Waals surface area contributed by atoms with Crippen LogP contribution in [0.3, 0.4) is 0 Å². The summed E-state index contributed by atoms with van der Waals surface area (Å²) in [5, 5.41) is 8.91. The highest BCUT2D eigenvalue weighted by Crippen LogP contribution is 2.27. The number of carboxylic acids is 1. The first-order valence-electron chi connectivity index (χ1n) is 6.29. The number of hydrogen-bond donors (Lipinski definition) is 2. The van der Waals surface area contributed by atoms with Gasteiger partial charge >= 0.3 is 5.97 Å². The van der Waals surface area contributed by atoms with Crippen molar-refractivity contribution in [1.29, 1.82) is 0 Å². The average molecular weight is 267 g/mol. The van der Waals surface area contributed by atoms with E-state index in [2.05, 4.69) is 0 Å². The lowest BCUT2D eigenvalue weighted by Crippen LogP contribution is -2.25.